The summed E-state index contributed by atoms with van der Waals surface area (Å²) in [5.41, 5.74) is 5.11. The Morgan fingerprint density at radius 3 is 2.74 bits per heavy atom. The monoisotopic (exact) mass is 489 g/mol. The molecule has 0 amide bonds. The number of aliphatic hydroxyl groups excluding tert-OH is 1. The first-order valence-electron chi connectivity index (χ1n) is 12.7. The van der Waals surface area contributed by atoms with Gasteiger partial charge in [0.25, 0.3) is 0 Å². The number of piperazine rings is 1. The van der Waals surface area contributed by atoms with Crippen LogP contribution >= 0.6 is 11.3 Å². The summed E-state index contributed by atoms with van der Waals surface area (Å²) in [4.78, 5) is 13.1. The molecule has 35 heavy (non-hydrogen) atoms. The molecule has 1 fully saturated rings. The standard InChI is InChI=1S/C29H35N3O2S/c1-22-19-26-28(35-22)20-24-9-5-6-10-27(24)30-29(26)32-14-13-31(15-17-34-18-16-33)25(21-32)12-11-23-7-3-2-4-8-23/h2-10,19,25,33H,11-18,20-21H2,1H3/t25-/m0/s1. The molecule has 1 saturated heterocycles. The van der Waals surface area contributed by atoms with E-state index < -0.39 is 0 Å². The predicted molar refractivity (Wildman–Crippen MR) is 144 cm³/mol. The summed E-state index contributed by atoms with van der Waals surface area (Å²) in [6.45, 7) is 7.15. The van der Waals surface area contributed by atoms with Crippen LogP contribution in [0, 0.1) is 6.92 Å². The molecule has 184 valence electrons. The fourth-order valence-electron chi connectivity index (χ4n) is 5.22. The van der Waals surface area contributed by atoms with Gasteiger partial charge in [-0.3, -0.25) is 4.90 Å². The van der Waals surface area contributed by atoms with Crippen molar-refractivity contribution in [2.24, 2.45) is 4.99 Å². The molecule has 1 aromatic heterocycles. The van der Waals surface area contributed by atoms with Gasteiger partial charge in [0.15, 0.2) is 0 Å². The summed E-state index contributed by atoms with van der Waals surface area (Å²) in [6.07, 6.45) is 3.11. The third-order valence-corrected chi connectivity index (χ3v) is 8.06. The third-order valence-electron chi connectivity index (χ3n) is 7.01. The molecule has 2 aromatic carbocycles. The van der Waals surface area contributed by atoms with Gasteiger partial charge in [-0.05, 0) is 43.0 Å². The third kappa shape index (κ3) is 5.84. The van der Waals surface area contributed by atoms with Crippen molar-refractivity contribution in [3.05, 3.63) is 87.1 Å². The summed E-state index contributed by atoms with van der Waals surface area (Å²) in [5.74, 6) is 1.13. The Kier molecular flexibility index (Phi) is 7.94. The van der Waals surface area contributed by atoms with Crippen molar-refractivity contribution in [3.8, 4) is 0 Å². The van der Waals surface area contributed by atoms with Crippen LogP contribution in [-0.4, -0.2) is 72.8 Å². The fourth-order valence-corrected chi connectivity index (χ4v) is 6.27. The van der Waals surface area contributed by atoms with E-state index in [-0.39, 0.29) is 6.61 Å². The first kappa shape index (κ1) is 24.2. The van der Waals surface area contributed by atoms with Gasteiger partial charge in [0.05, 0.1) is 25.5 Å². The number of fused-ring (bicyclic) bond motifs is 2. The Labute approximate surface area is 212 Å². The minimum absolute atomic E-state index is 0.0783. The Bertz CT molecular complexity index is 1140. The highest BCUT2D eigenvalue weighted by molar-refractivity contribution is 7.12. The van der Waals surface area contributed by atoms with Crippen molar-refractivity contribution in [2.75, 3.05) is 46.0 Å². The highest BCUT2D eigenvalue weighted by atomic mass is 32.1. The van der Waals surface area contributed by atoms with E-state index >= 15 is 0 Å². The van der Waals surface area contributed by atoms with Gasteiger partial charge in [-0.15, -0.1) is 11.3 Å². The minimum Gasteiger partial charge on any atom is -0.394 e. The summed E-state index contributed by atoms with van der Waals surface area (Å²) < 4.78 is 5.62. The van der Waals surface area contributed by atoms with Gasteiger partial charge in [-0.1, -0.05) is 48.5 Å². The number of aliphatic hydroxyl groups is 1. The smallest absolute Gasteiger partial charge is 0.137 e. The van der Waals surface area contributed by atoms with Gasteiger partial charge >= 0.3 is 0 Å². The van der Waals surface area contributed by atoms with Crippen LogP contribution in [0.25, 0.3) is 0 Å². The molecule has 6 heteroatoms. The van der Waals surface area contributed by atoms with Gasteiger partial charge in [-0.2, -0.15) is 0 Å². The average Bonchev–Trinajstić information content (AvgIpc) is 3.17. The van der Waals surface area contributed by atoms with Crippen LogP contribution in [0.1, 0.15) is 32.9 Å². The van der Waals surface area contributed by atoms with E-state index in [9.17, 15) is 0 Å². The van der Waals surface area contributed by atoms with Gasteiger partial charge in [-0.25, -0.2) is 4.99 Å². The molecule has 2 aliphatic rings. The molecule has 3 aromatic rings. The van der Waals surface area contributed by atoms with Gasteiger partial charge in [0, 0.05) is 54.0 Å². The number of thiophene rings is 1. The Hall–Kier alpha value is -2.51. The number of rotatable bonds is 8. The number of aliphatic imine (C=N–C) groups is 1. The molecule has 0 saturated carbocycles. The highest BCUT2D eigenvalue weighted by Crippen LogP contribution is 2.34. The average molecular weight is 490 g/mol. The summed E-state index contributed by atoms with van der Waals surface area (Å²) in [5, 5.41) is 9.06. The lowest BCUT2D eigenvalue weighted by atomic mass is 10.0. The van der Waals surface area contributed by atoms with Crippen molar-refractivity contribution >= 4 is 22.9 Å². The van der Waals surface area contributed by atoms with Crippen LogP contribution in [0.2, 0.25) is 0 Å². The quantitative estimate of drug-likeness (QED) is 0.468. The lowest BCUT2D eigenvalue weighted by Gasteiger charge is -2.43. The lowest BCUT2D eigenvalue weighted by molar-refractivity contribution is 0.0427. The highest BCUT2D eigenvalue weighted by Gasteiger charge is 2.31. The SMILES string of the molecule is Cc1cc2c(s1)Cc1ccccc1N=C2N1CCN(CCOCCO)[C@@H](CCc2ccccc2)C1. The van der Waals surface area contributed by atoms with E-state index in [1.165, 1.54) is 26.4 Å². The maximum Gasteiger partial charge on any atom is 0.137 e. The number of nitrogens with zero attached hydrogens (tertiary/aromatic N) is 3. The molecule has 5 rings (SSSR count). The first-order chi connectivity index (χ1) is 17.2. The zero-order valence-corrected chi connectivity index (χ0v) is 21.3. The van der Waals surface area contributed by atoms with Crippen LogP contribution in [-0.2, 0) is 17.6 Å². The molecular weight excluding hydrogens is 454 g/mol. The number of hydrogen-bond donors (Lipinski definition) is 1. The topological polar surface area (TPSA) is 48.3 Å². The van der Waals surface area contributed by atoms with Gasteiger partial charge < -0.3 is 14.7 Å². The number of amidine groups is 1. The molecule has 0 unspecified atom stereocenters. The van der Waals surface area contributed by atoms with Crippen molar-refractivity contribution in [3.63, 3.8) is 0 Å². The molecule has 1 N–H and O–H groups in total. The van der Waals surface area contributed by atoms with Crippen LogP contribution in [0.4, 0.5) is 5.69 Å². The number of aryl methyl sites for hydroxylation is 2. The van der Waals surface area contributed by atoms with E-state index in [2.05, 4.69) is 77.4 Å². The predicted octanol–water partition coefficient (Wildman–Crippen LogP) is 4.67. The molecule has 0 aliphatic carbocycles. The molecule has 0 bridgehead atoms. The van der Waals surface area contributed by atoms with Crippen molar-refractivity contribution in [1.82, 2.24) is 9.80 Å². The summed E-state index contributed by atoms with van der Waals surface area (Å²) >= 11 is 1.90. The van der Waals surface area contributed by atoms with Gasteiger partial charge in [0.1, 0.15) is 5.84 Å². The number of para-hydroxylation sites is 1. The van der Waals surface area contributed by atoms with Crippen LogP contribution in [0.3, 0.4) is 0 Å². The van der Waals surface area contributed by atoms with Crippen molar-refractivity contribution < 1.29 is 9.84 Å². The zero-order chi connectivity index (χ0) is 24.0. The van der Waals surface area contributed by atoms with E-state index in [0.29, 0.717) is 19.3 Å². The fraction of sp³-hybridized carbons (Fsp3) is 0.414. The minimum atomic E-state index is 0.0783. The van der Waals surface area contributed by atoms with Crippen molar-refractivity contribution in [1.29, 1.82) is 0 Å². The number of benzene rings is 2. The molecule has 3 heterocycles. The lowest BCUT2D eigenvalue weighted by Crippen LogP contribution is -2.55. The second-order valence-electron chi connectivity index (χ2n) is 9.43. The number of ether oxygens (including phenoxy) is 1. The molecule has 2 aliphatic heterocycles. The molecule has 0 radical (unpaired) electrons. The van der Waals surface area contributed by atoms with Crippen LogP contribution in [0.5, 0.6) is 0 Å². The van der Waals surface area contributed by atoms with E-state index in [1.807, 2.05) is 11.3 Å². The summed E-state index contributed by atoms with van der Waals surface area (Å²) in [6, 6.07) is 22.1. The molecule has 5 nitrogen and oxygen atoms in total. The maximum atomic E-state index is 9.06. The molecular formula is C29H35N3O2S. The normalized spacial score (nSPS) is 18.1. The Morgan fingerprint density at radius 2 is 1.89 bits per heavy atom. The molecule has 1 atom stereocenters. The zero-order valence-electron chi connectivity index (χ0n) is 20.5. The van der Waals surface area contributed by atoms with Crippen LogP contribution in [0.15, 0.2) is 65.7 Å². The number of hydrogen-bond acceptors (Lipinski definition) is 6. The van der Waals surface area contributed by atoms with E-state index in [4.69, 9.17) is 14.8 Å². The van der Waals surface area contributed by atoms with E-state index in [1.54, 1.807) is 0 Å². The molecule has 0 spiro atoms. The Morgan fingerprint density at radius 1 is 1.06 bits per heavy atom. The maximum absolute atomic E-state index is 9.06. The first-order valence-corrected chi connectivity index (χ1v) is 13.5. The van der Waals surface area contributed by atoms with Crippen molar-refractivity contribution in [2.45, 2.75) is 32.2 Å². The second-order valence-corrected chi connectivity index (χ2v) is 10.8. The largest absolute Gasteiger partial charge is 0.394 e. The Balaban J connectivity index is 1.39. The summed E-state index contributed by atoms with van der Waals surface area (Å²) in [7, 11) is 0. The van der Waals surface area contributed by atoms with Crippen LogP contribution < -0.4 is 0 Å². The van der Waals surface area contributed by atoms with Gasteiger partial charge in [0.2, 0.25) is 0 Å². The second kappa shape index (κ2) is 11.5. The van der Waals surface area contributed by atoms with E-state index in [0.717, 1.165) is 57.0 Å².